The lowest BCUT2D eigenvalue weighted by Gasteiger charge is -2.32. The summed E-state index contributed by atoms with van der Waals surface area (Å²) in [7, 11) is 0. The minimum Gasteiger partial charge on any atom is -0.396 e. The van der Waals surface area contributed by atoms with Crippen LogP contribution in [0.5, 0.6) is 0 Å². The van der Waals surface area contributed by atoms with Crippen LogP contribution in [0.15, 0.2) is 24.4 Å². The van der Waals surface area contributed by atoms with Gasteiger partial charge in [0, 0.05) is 19.3 Å². The van der Waals surface area contributed by atoms with Gasteiger partial charge in [-0.25, -0.2) is 0 Å². The van der Waals surface area contributed by atoms with Crippen molar-refractivity contribution in [1.82, 2.24) is 9.88 Å². The fraction of sp³-hybridized carbons (Fsp3) is 0.538. The van der Waals surface area contributed by atoms with Gasteiger partial charge in [0.2, 0.25) is 5.91 Å². The maximum Gasteiger partial charge on any atom is 0.249 e. The third-order valence-corrected chi connectivity index (χ3v) is 2.98. The fourth-order valence-corrected chi connectivity index (χ4v) is 2.01. The van der Waals surface area contributed by atoms with Crippen LogP contribution in [0, 0.1) is 0 Å². The van der Waals surface area contributed by atoms with Crippen molar-refractivity contribution in [2.24, 2.45) is 0 Å². The summed E-state index contributed by atoms with van der Waals surface area (Å²) >= 11 is 0. The first-order chi connectivity index (χ1) is 8.79. The molecule has 0 radical (unpaired) electrons. The molecule has 1 unspecified atom stereocenters. The van der Waals surface area contributed by atoms with Crippen molar-refractivity contribution in [2.45, 2.75) is 25.5 Å². The van der Waals surface area contributed by atoms with E-state index in [1.807, 2.05) is 18.2 Å². The molecule has 1 aliphatic heterocycles. The molecule has 5 heteroatoms. The summed E-state index contributed by atoms with van der Waals surface area (Å²) in [5.41, 5.74) is 0.883. The zero-order valence-electron chi connectivity index (χ0n) is 10.3. The molecule has 5 nitrogen and oxygen atoms in total. The van der Waals surface area contributed by atoms with Gasteiger partial charge in [-0.2, -0.15) is 0 Å². The number of pyridine rings is 1. The average molecular weight is 250 g/mol. The lowest BCUT2D eigenvalue weighted by molar-refractivity contribution is -0.150. The van der Waals surface area contributed by atoms with Crippen LogP contribution in [0.25, 0.3) is 0 Å². The molecule has 1 fully saturated rings. The Morgan fingerprint density at radius 1 is 1.50 bits per heavy atom. The number of aromatic nitrogens is 1. The molecular weight excluding hydrogens is 232 g/mol. The molecule has 2 heterocycles. The highest BCUT2D eigenvalue weighted by atomic mass is 16.5. The van der Waals surface area contributed by atoms with Crippen LogP contribution in [0.1, 0.15) is 18.5 Å². The van der Waals surface area contributed by atoms with Crippen LogP contribution in [0.3, 0.4) is 0 Å². The highest BCUT2D eigenvalue weighted by Crippen LogP contribution is 2.13. The summed E-state index contributed by atoms with van der Waals surface area (Å²) < 4.78 is 5.44. The lowest BCUT2D eigenvalue weighted by Crippen LogP contribution is -2.46. The Morgan fingerprint density at radius 3 is 3.11 bits per heavy atom. The molecule has 1 N–H and O–H groups in total. The van der Waals surface area contributed by atoms with Crippen molar-refractivity contribution in [3.05, 3.63) is 30.1 Å². The third-order valence-electron chi connectivity index (χ3n) is 2.98. The Balaban J connectivity index is 1.91. The maximum atomic E-state index is 11.7. The number of aliphatic hydroxyl groups excluding tert-OH is 1. The van der Waals surface area contributed by atoms with Crippen molar-refractivity contribution in [3.8, 4) is 0 Å². The first kappa shape index (κ1) is 13.0. The largest absolute Gasteiger partial charge is 0.396 e. The van der Waals surface area contributed by atoms with Crippen molar-refractivity contribution < 1.29 is 14.6 Å². The second-order valence-electron chi connectivity index (χ2n) is 4.39. The predicted molar refractivity (Wildman–Crippen MR) is 65.7 cm³/mol. The summed E-state index contributed by atoms with van der Waals surface area (Å²) in [5, 5.41) is 8.80. The number of carbonyl (C=O) groups is 1. The van der Waals surface area contributed by atoms with Crippen LogP contribution in [0.2, 0.25) is 0 Å². The zero-order valence-corrected chi connectivity index (χ0v) is 10.3. The molecule has 1 amide bonds. The summed E-state index contributed by atoms with van der Waals surface area (Å²) in [6, 6.07) is 5.68. The number of ether oxygens (including phenoxy) is 1. The van der Waals surface area contributed by atoms with Crippen LogP contribution < -0.4 is 0 Å². The van der Waals surface area contributed by atoms with Crippen molar-refractivity contribution in [1.29, 1.82) is 0 Å². The van der Waals surface area contributed by atoms with Gasteiger partial charge in [-0.3, -0.25) is 9.78 Å². The van der Waals surface area contributed by atoms with E-state index in [9.17, 15) is 4.79 Å². The Labute approximate surface area is 106 Å². The first-order valence-electron chi connectivity index (χ1n) is 6.19. The van der Waals surface area contributed by atoms with Gasteiger partial charge in [-0.15, -0.1) is 0 Å². The SMILES string of the molecule is O=C1COC(CCCO)CN1Cc1ccccn1. The van der Waals surface area contributed by atoms with Crippen molar-refractivity contribution >= 4 is 5.91 Å². The van der Waals surface area contributed by atoms with Gasteiger partial charge in [-0.1, -0.05) is 6.07 Å². The second-order valence-corrected chi connectivity index (χ2v) is 4.39. The smallest absolute Gasteiger partial charge is 0.249 e. The molecule has 0 saturated carbocycles. The highest BCUT2D eigenvalue weighted by molar-refractivity contribution is 5.78. The normalized spacial score (nSPS) is 20.2. The number of morpholine rings is 1. The Bertz CT molecular complexity index is 383. The third kappa shape index (κ3) is 3.51. The minimum atomic E-state index is 0.000835. The maximum absolute atomic E-state index is 11.7. The fourth-order valence-electron chi connectivity index (χ4n) is 2.01. The van der Waals surface area contributed by atoms with Gasteiger partial charge in [0.1, 0.15) is 6.61 Å². The molecule has 0 bridgehead atoms. The predicted octanol–water partition coefficient (Wildman–Crippen LogP) is 0.581. The quantitative estimate of drug-likeness (QED) is 0.830. The van der Waals surface area contributed by atoms with E-state index in [4.69, 9.17) is 9.84 Å². The van der Waals surface area contributed by atoms with Crippen LogP contribution in [-0.4, -0.2) is 46.8 Å². The Hall–Kier alpha value is -1.46. The van der Waals surface area contributed by atoms with Gasteiger partial charge < -0.3 is 14.7 Å². The second kappa shape index (κ2) is 6.47. The topological polar surface area (TPSA) is 62.7 Å². The molecule has 1 saturated heterocycles. The minimum absolute atomic E-state index is 0.000835. The zero-order chi connectivity index (χ0) is 12.8. The van der Waals surface area contributed by atoms with Crippen molar-refractivity contribution in [2.75, 3.05) is 19.8 Å². The molecule has 18 heavy (non-hydrogen) atoms. The number of aliphatic hydroxyl groups is 1. The average Bonchev–Trinajstić information content (AvgIpc) is 2.41. The molecule has 2 rings (SSSR count). The number of hydrogen-bond donors (Lipinski definition) is 1. The monoisotopic (exact) mass is 250 g/mol. The standard InChI is InChI=1S/C13H18N2O3/c16-7-3-5-12-9-15(13(17)10-18-12)8-11-4-1-2-6-14-11/h1-2,4,6,12,16H,3,5,7-10H2. The summed E-state index contributed by atoms with van der Waals surface area (Å²) in [5.74, 6) is 0.000835. The Morgan fingerprint density at radius 2 is 2.39 bits per heavy atom. The Kier molecular flexibility index (Phi) is 4.66. The van der Waals surface area contributed by atoms with Gasteiger partial charge >= 0.3 is 0 Å². The van der Waals surface area contributed by atoms with E-state index < -0.39 is 0 Å². The molecule has 98 valence electrons. The summed E-state index contributed by atoms with van der Waals surface area (Å²) in [6.07, 6.45) is 3.24. The highest BCUT2D eigenvalue weighted by Gasteiger charge is 2.26. The number of rotatable bonds is 5. The number of amides is 1. The molecular formula is C13H18N2O3. The van der Waals surface area contributed by atoms with E-state index in [-0.39, 0.29) is 25.2 Å². The summed E-state index contributed by atoms with van der Waals surface area (Å²) in [6.45, 7) is 1.39. The number of hydrogen-bond acceptors (Lipinski definition) is 4. The molecule has 0 aromatic carbocycles. The summed E-state index contributed by atoms with van der Waals surface area (Å²) in [4.78, 5) is 17.7. The first-order valence-corrected chi connectivity index (χ1v) is 6.19. The molecule has 1 atom stereocenters. The molecule has 1 aromatic rings. The van der Waals surface area contributed by atoms with E-state index in [1.165, 1.54) is 0 Å². The van der Waals surface area contributed by atoms with E-state index in [2.05, 4.69) is 4.98 Å². The van der Waals surface area contributed by atoms with Gasteiger partial charge in [0.15, 0.2) is 0 Å². The van der Waals surface area contributed by atoms with E-state index in [0.29, 0.717) is 19.5 Å². The van der Waals surface area contributed by atoms with E-state index in [1.54, 1.807) is 11.1 Å². The number of nitrogens with zero attached hydrogens (tertiary/aromatic N) is 2. The lowest BCUT2D eigenvalue weighted by atomic mass is 10.1. The molecule has 1 aliphatic rings. The molecule has 0 spiro atoms. The molecule has 0 aliphatic carbocycles. The molecule has 1 aromatic heterocycles. The van der Waals surface area contributed by atoms with Crippen molar-refractivity contribution in [3.63, 3.8) is 0 Å². The van der Waals surface area contributed by atoms with E-state index >= 15 is 0 Å². The van der Waals surface area contributed by atoms with Gasteiger partial charge in [-0.05, 0) is 25.0 Å². The van der Waals surface area contributed by atoms with Gasteiger partial charge in [0.05, 0.1) is 18.3 Å². The van der Waals surface area contributed by atoms with Crippen LogP contribution in [-0.2, 0) is 16.1 Å². The van der Waals surface area contributed by atoms with E-state index in [0.717, 1.165) is 12.1 Å². The number of carbonyl (C=O) groups excluding carboxylic acids is 1. The van der Waals surface area contributed by atoms with Crippen LogP contribution in [0.4, 0.5) is 0 Å². The van der Waals surface area contributed by atoms with Crippen LogP contribution >= 0.6 is 0 Å². The van der Waals surface area contributed by atoms with Gasteiger partial charge in [0.25, 0.3) is 0 Å².